The first kappa shape index (κ1) is 12.7. The van der Waals surface area contributed by atoms with Crippen molar-refractivity contribution in [2.45, 2.75) is 6.54 Å². The number of rotatable bonds is 3. The van der Waals surface area contributed by atoms with Gasteiger partial charge in [-0.2, -0.15) is 5.10 Å². The molecule has 2 rings (SSSR count). The number of halogens is 3. The van der Waals surface area contributed by atoms with E-state index in [0.29, 0.717) is 4.60 Å². The van der Waals surface area contributed by atoms with Gasteiger partial charge in [0.05, 0.1) is 6.54 Å². The topological polar surface area (TPSA) is 60.9 Å². The van der Waals surface area contributed by atoms with Gasteiger partial charge in [0.1, 0.15) is 16.2 Å². The Bertz CT molecular complexity index is 592. The number of aromatic nitrogens is 2. The van der Waals surface area contributed by atoms with E-state index in [2.05, 4.69) is 21.0 Å². The first-order chi connectivity index (χ1) is 8.49. The molecule has 94 valence electrons. The maximum atomic E-state index is 13.4. The lowest BCUT2D eigenvalue weighted by Crippen LogP contribution is -2.13. The summed E-state index contributed by atoms with van der Waals surface area (Å²) < 4.78 is 28.6. The molecule has 0 aliphatic rings. The fraction of sp³-hybridized carbons (Fsp3) is 0.0909. The maximum Gasteiger partial charge on any atom is 0.269 e. The predicted molar refractivity (Wildman–Crippen MR) is 63.9 cm³/mol. The van der Waals surface area contributed by atoms with Crippen LogP contribution >= 0.6 is 15.9 Å². The zero-order chi connectivity index (χ0) is 13.3. The van der Waals surface area contributed by atoms with E-state index in [1.165, 1.54) is 16.8 Å². The Morgan fingerprint density at radius 3 is 2.50 bits per heavy atom. The number of carbonyl (C=O) groups excluding carboxylic acids is 1. The summed E-state index contributed by atoms with van der Waals surface area (Å²) in [4.78, 5) is 10.9. The molecule has 2 aromatic rings. The molecule has 1 aromatic carbocycles. The summed E-state index contributed by atoms with van der Waals surface area (Å²) in [5.74, 6) is -2.04. The smallest absolute Gasteiger partial charge is 0.269 e. The monoisotopic (exact) mass is 315 g/mol. The van der Waals surface area contributed by atoms with Crippen molar-refractivity contribution in [3.05, 3.63) is 51.8 Å². The summed E-state index contributed by atoms with van der Waals surface area (Å²) in [5, 5.41) is 3.85. The molecule has 1 amide bonds. The highest BCUT2D eigenvalue weighted by molar-refractivity contribution is 9.10. The molecule has 1 heterocycles. The van der Waals surface area contributed by atoms with Crippen molar-refractivity contribution in [3.63, 3.8) is 0 Å². The third-order valence-corrected chi connectivity index (χ3v) is 2.99. The standard InChI is InChI=1S/C11H8BrF2N3O/c12-10-4-9(11(15)18)16-17(10)5-6-7(13)2-1-3-8(6)14/h1-4H,5H2,(H2,15,18). The molecule has 0 fully saturated rings. The minimum absolute atomic E-state index is 0.0265. The van der Waals surface area contributed by atoms with E-state index in [4.69, 9.17) is 5.73 Å². The van der Waals surface area contributed by atoms with Crippen LogP contribution in [0.25, 0.3) is 0 Å². The van der Waals surface area contributed by atoms with Gasteiger partial charge in [-0.1, -0.05) is 6.07 Å². The molecule has 0 aliphatic carbocycles. The van der Waals surface area contributed by atoms with Crippen molar-refractivity contribution in [1.29, 1.82) is 0 Å². The summed E-state index contributed by atoms with van der Waals surface area (Å²) >= 11 is 3.14. The number of primary amides is 1. The third kappa shape index (κ3) is 2.40. The minimum atomic E-state index is -0.705. The molecule has 0 saturated heterocycles. The van der Waals surface area contributed by atoms with Crippen molar-refractivity contribution in [2.24, 2.45) is 5.73 Å². The quantitative estimate of drug-likeness (QED) is 0.942. The van der Waals surface area contributed by atoms with E-state index in [1.54, 1.807) is 0 Å². The van der Waals surface area contributed by atoms with Crippen LogP contribution in [0.15, 0.2) is 28.9 Å². The van der Waals surface area contributed by atoms with Gasteiger partial charge in [-0.15, -0.1) is 0 Å². The van der Waals surface area contributed by atoms with Gasteiger partial charge in [-0.3, -0.25) is 9.48 Å². The molecular formula is C11H8BrF2N3O. The van der Waals surface area contributed by atoms with E-state index >= 15 is 0 Å². The highest BCUT2D eigenvalue weighted by Gasteiger charge is 2.14. The van der Waals surface area contributed by atoms with Crippen LogP contribution in [0.3, 0.4) is 0 Å². The fourth-order valence-electron chi connectivity index (χ4n) is 1.46. The lowest BCUT2D eigenvalue weighted by Gasteiger charge is -2.06. The largest absolute Gasteiger partial charge is 0.364 e. The number of nitrogens with zero attached hydrogens (tertiary/aromatic N) is 2. The lowest BCUT2D eigenvalue weighted by atomic mass is 10.2. The molecule has 0 atom stereocenters. The van der Waals surface area contributed by atoms with Gasteiger partial charge in [0.15, 0.2) is 5.69 Å². The minimum Gasteiger partial charge on any atom is -0.364 e. The highest BCUT2D eigenvalue weighted by Crippen LogP contribution is 2.18. The molecule has 18 heavy (non-hydrogen) atoms. The number of benzene rings is 1. The summed E-state index contributed by atoms with van der Waals surface area (Å²) in [6.07, 6.45) is 0. The third-order valence-electron chi connectivity index (χ3n) is 2.35. The first-order valence-electron chi connectivity index (χ1n) is 4.95. The van der Waals surface area contributed by atoms with Gasteiger partial charge >= 0.3 is 0 Å². The molecular weight excluding hydrogens is 308 g/mol. The normalized spacial score (nSPS) is 10.6. The van der Waals surface area contributed by atoms with Crippen molar-refractivity contribution >= 4 is 21.8 Å². The second-order valence-corrected chi connectivity index (χ2v) is 4.39. The van der Waals surface area contributed by atoms with Gasteiger partial charge in [0, 0.05) is 11.6 Å². The van der Waals surface area contributed by atoms with Gasteiger partial charge in [0.25, 0.3) is 5.91 Å². The van der Waals surface area contributed by atoms with E-state index in [0.717, 1.165) is 12.1 Å². The highest BCUT2D eigenvalue weighted by atomic mass is 79.9. The van der Waals surface area contributed by atoms with Gasteiger partial charge < -0.3 is 5.73 Å². The molecule has 0 bridgehead atoms. The number of hydrogen-bond donors (Lipinski definition) is 1. The predicted octanol–water partition coefficient (Wildman–Crippen LogP) is 2.07. The molecule has 0 aliphatic heterocycles. The van der Waals surface area contributed by atoms with Gasteiger partial charge in [-0.05, 0) is 28.1 Å². The van der Waals surface area contributed by atoms with E-state index in [-0.39, 0.29) is 17.8 Å². The van der Waals surface area contributed by atoms with E-state index < -0.39 is 17.5 Å². The Morgan fingerprint density at radius 2 is 2.00 bits per heavy atom. The Balaban J connectivity index is 2.37. The van der Waals surface area contributed by atoms with Crippen LogP contribution in [-0.4, -0.2) is 15.7 Å². The SMILES string of the molecule is NC(=O)c1cc(Br)n(Cc2c(F)cccc2F)n1. The van der Waals surface area contributed by atoms with Crippen LogP contribution in [0.2, 0.25) is 0 Å². The number of carbonyl (C=O) groups is 1. The summed E-state index contributed by atoms with van der Waals surface area (Å²) in [5.41, 5.74) is 4.96. The van der Waals surface area contributed by atoms with Crippen LogP contribution in [0.1, 0.15) is 16.1 Å². The second-order valence-electron chi connectivity index (χ2n) is 3.57. The zero-order valence-electron chi connectivity index (χ0n) is 9.03. The Morgan fingerprint density at radius 1 is 1.39 bits per heavy atom. The average molecular weight is 316 g/mol. The Labute approximate surface area is 110 Å². The van der Waals surface area contributed by atoms with Crippen LogP contribution < -0.4 is 5.73 Å². The van der Waals surface area contributed by atoms with Crippen molar-refractivity contribution < 1.29 is 13.6 Å². The summed E-state index contributed by atoms with van der Waals surface area (Å²) in [6.45, 7) is -0.133. The number of amides is 1. The molecule has 0 unspecified atom stereocenters. The van der Waals surface area contributed by atoms with E-state index in [1.807, 2.05) is 0 Å². The lowest BCUT2D eigenvalue weighted by molar-refractivity contribution is 0.0995. The molecule has 2 N–H and O–H groups in total. The van der Waals surface area contributed by atoms with Crippen LogP contribution in [-0.2, 0) is 6.54 Å². The Kier molecular flexibility index (Phi) is 3.42. The fourth-order valence-corrected chi connectivity index (χ4v) is 1.88. The summed E-state index contributed by atoms with van der Waals surface area (Å²) in [6, 6.07) is 4.98. The first-order valence-corrected chi connectivity index (χ1v) is 5.74. The second kappa shape index (κ2) is 4.85. The molecule has 0 spiro atoms. The van der Waals surface area contributed by atoms with Crippen LogP contribution in [0, 0.1) is 11.6 Å². The molecule has 0 radical (unpaired) electrons. The van der Waals surface area contributed by atoms with Crippen LogP contribution in [0.5, 0.6) is 0 Å². The zero-order valence-corrected chi connectivity index (χ0v) is 10.6. The molecule has 1 aromatic heterocycles. The molecule has 0 saturated carbocycles. The molecule has 7 heteroatoms. The van der Waals surface area contributed by atoms with Gasteiger partial charge in [0.2, 0.25) is 0 Å². The number of hydrogen-bond acceptors (Lipinski definition) is 2. The average Bonchev–Trinajstić information content (AvgIpc) is 2.66. The number of nitrogens with two attached hydrogens (primary N) is 1. The van der Waals surface area contributed by atoms with Crippen molar-refractivity contribution in [1.82, 2.24) is 9.78 Å². The maximum absolute atomic E-state index is 13.4. The Hall–Kier alpha value is -1.76. The van der Waals surface area contributed by atoms with Crippen LogP contribution in [0.4, 0.5) is 8.78 Å². The van der Waals surface area contributed by atoms with Crippen molar-refractivity contribution in [3.8, 4) is 0 Å². The van der Waals surface area contributed by atoms with Gasteiger partial charge in [-0.25, -0.2) is 8.78 Å². The van der Waals surface area contributed by atoms with E-state index in [9.17, 15) is 13.6 Å². The molecule has 4 nitrogen and oxygen atoms in total. The summed E-state index contributed by atoms with van der Waals surface area (Å²) in [7, 11) is 0. The van der Waals surface area contributed by atoms with Crippen molar-refractivity contribution in [2.75, 3.05) is 0 Å².